The maximum absolute atomic E-state index is 2.42. The zero-order valence-electron chi connectivity index (χ0n) is 56.4. The quantitative estimate of drug-likeness (QED) is 0.128. The summed E-state index contributed by atoms with van der Waals surface area (Å²) in [5, 5.41) is 0. The van der Waals surface area contributed by atoms with Gasteiger partial charge < -0.3 is 0 Å². The average molecular weight is 1110 g/mol. The van der Waals surface area contributed by atoms with E-state index in [1.54, 1.807) is 5.56 Å². The van der Waals surface area contributed by atoms with Gasteiger partial charge in [-0.1, -0.05) is 117 Å². The average Bonchev–Trinajstić information content (AvgIpc) is 3.97. The normalized spacial score (nSPS) is 12.6. The second-order valence-corrected chi connectivity index (χ2v) is 27.4. The van der Waals surface area contributed by atoms with Crippen molar-refractivity contribution < 1.29 is 18.3 Å². The van der Waals surface area contributed by atoms with Crippen LogP contribution in [0.4, 0.5) is 0 Å². The summed E-state index contributed by atoms with van der Waals surface area (Å²) in [5.41, 5.74) is 33.2. The van der Waals surface area contributed by atoms with Crippen molar-refractivity contribution in [3.63, 3.8) is 0 Å². The Kier molecular flexibility index (Phi) is 22.1. The maximum Gasteiger partial charge on any atom is 0.215 e. The molecule has 0 atom stereocenters. The molecule has 4 aromatic heterocycles. The zero-order chi connectivity index (χ0) is 61.4. The van der Waals surface area contributed by atoms with E-state index in [1.807, 2.05) is 0 Å². The van der Waals surface area contributed by atoms with Crippen molar-refractivity contribution in [1.82, 2.24) is 0 Å². The number of hydrogen-bond acceptors (Lipinski definition) is 0. The highest BCUT2D eigenvalue weighted by atomic mass is 14.9. The highest BCUT2D eigenvalue weighted by Gasteiger charge is 2.24. The molecule has 0 N–H and O–H groups in total. The fourth-order valence-corrected chi connectivity index (χ4v) is 13.5. The molecular formula is C79H108N4+4. The molecule has 8 aromatic rings. The van der Waals surface area contributed by atoms with E-state index in [1.165, 1.54) is 167 Å². The molecule has 0 spiro atoms. The molecule has 1 fully saturated rings. The summed E-state index contributed by atoms with van der Waals surface area (Å²) in [6.45, 7) is 44.6. The molecule has 1 aliphatic carbocycles. The van der Waals surface area contributed by atoms with Crippen LogP contribution < -0.4 is 18.3 Å². The van der Waals surface area contributed by atoms with Crippen LogP contribution in [0.15, 0.2) is 122 Å². The van der Waals surface area contributed by atoms with Crippen LogP contribution in [-0.2, 0) is 40.0 Å². The second kappa shape index (κ2) is 27.9. The van der Waals surface area contributed by atoms with E-state index in [4.69, 9.17) is 0 Å². The number of pyridine rings is 4. The lowest BCUT2D eigenvalue weighted by Crippen LogP contribution is -2.32. The van der Waals surface area contributed by atoms with Gasteiger partial charge in [0.15, 0.2) is 24.8 Å². The molecule has 4 heteroatoms. The summed E-state index contributed by atoms with van der Waals surface area (Å²) < 4.78 is 9.01. The van der Waals surface area contributed by atoms with E-state index in [9.17, 15) is 0 Å². The van der Waals surface area contributed by atoms with Crippen LogP contribution >= 0.6 is 0 Å². The highest BCUT2D eigenvalue weighted by Crippen LogP contribution is 2.37. The third-order valence-corrected chi connectivity index (χ3v) is 17.2. The maximum atomic E-state index is 2.42. The van der Waals surface area contributed by atoms with Crippen LogP contribution in [0.25, 0.3) is 45.0 Å². The monoisotopic (exact) mass is 1110 g/mol. The fourth-order valence-electron chi connectivity index (χ4n) is 13.5. The number of hydrogen-bond donors (Lipinski definition) is 0. The Balaban J connectivity index is 0.000000178. The minimum absolute atomic E-state index is 0.202. The molecule has 0 saturated heterocycles. The van der Waals surface area contributed by atoms with Gasteiger partial charge in [0, 0.05) is 66.8 Å². The number of benzene rings is 4. The smallest absolute Gasteiger partial charge is 0.201 e. The number of aryl methyl sites for hydroxylation is 16. The van der Waals surface area contributed by atoms with E-state index in [0.717, 1.165) is 12.3 Å². The molecule has 83 heavy (non-hydrogen) atoms. The van der Waals surface area contributed by atoms with Gasteiger partial charge in [0.25, 0.3) is 0 Å². The molecule has 0 unspecified atom stereocenters. The second-order valence-electron chi connectivity index (χ2n) is 27.4. The summed E-state index contributed by atoms with van der Waals surface area (Å²) >= 11 is 0. The van der Waals surface area contributed by atoms with E-state index in [2.05, 4.69) is 307 Å². The third kappa shape index (κ3) is 16.9. The van der Waals surface area contributed by atoms with Crippen molar-refractivity contribution in [1.29, 1.82) is 0 Å². The van der Waals surface area contributed by atoms with Gasteiger partial charge >= 0.3 is 0 Å². The largest absolute Gasteiger partial charge is 0.215 e. The van der Waals surface area contributed by atoms with Crippen molar-refractivity contribution in [3.8, 4) is 45.0 Å². The first-order chi connectivity index (χ1) is 38.9. The Bertz CT molecular complexity index is 3350. The van der Waals surface area contributed by atoms with Gasteiger partial charge in [-0.3, -0.25) is 0 Å². The SMILES string of the molecule is CCC(CC)c1ccc(-c2c(C)cc(C)c[n+]2C)c(C)c1.Cc1cc(C)c(-c2ccc(C(C)(C)C)cc2C)[n+](C)c1.Cc1cc(C)c(-c2ccc(C3CCCC3)cc2C)[n+](C)c1.Cc1cc(C)c(-c2ccc(CC(C)(C)C)cc2C)[n+](C)c1. The Labute approximate surface area is 505 Å². The summed E-state index contributed by atoms with van der Waals surface area (Å²) in [4.78, 5) is 0. The van der Waals surface area contributed by atoms with E-state index in [-0.39, 0.29) is 5.41 Å². The van der Waals surface area contributed by atoms with Gasteiger partial charge in [0.05, 0.1) is 0 Å². The van der Waals surface area contributed by atoms with Gasteiger partial charge in [0.2, 0.25) is 22.8 Å². The summed E-state index contributed by atoms with van der Waals surface area (Å²) in [5.74, 6) is 1.48. The van der Waals surface area contributed by atoms with Crippen LogP contribution in [0.3, 0.4) is 0 Å². The summed E-state index contributed by atoms with van der Waals surface area (Å²) in [6.07, 6.45) is 17.9. The number of nitrogens with zero attached hydrogens (tertiary/aromatic N) is 4. The molecular weight excluding hydrogens is 1000 g/mol. The van der Waals surface area contributed by atoms with Gasteiger partial charge in [-0.05, 0) is 231 Å². The van der Waals surface area contributed by atoms with Gasteiger partial charge in [-0.15, -0.1) is 0 Å². The van der Waals surface area contributed by atoms with Crippen LogP contribution in [0.2, 0.25) is 0 Å². The van der Waals surface area contributed by atoms with Crippen molar-refractivity contribution >= 4 is 0 Å². The summed E-state index contributed by atoms with van der Waals surface area (Å²) in [6, 6.07) is 37.0. The lowest BCUT2D eigenvalue weighted by atomic mass is 9.85. The Hall–Kier alpha value is -6.52. The lowest BCUT2D eigenvalue weighted by molar-refractivity contribution is -0.661. The summed E-state index contributed by atoms with van der Waals surface area (Å²) in [7, 11) is 8.56. The molecule has 4 aromatic carbocycles. The Morgan fingerprint density at radius 3 is 1.07 bits per heavy atom. The Morgan fingerprint density at radius 2 is 0.747 bits per heavy atom. The molecule has 0 bridgehead atoms. The lowest BCUT2D eigenvalue weighted by Gasteiger charge is -2.20. The van der Waals surface area contributed by atoms with Crippen molar-refractivity contribution in [2.45, 2.75) is 201 Å². The van der Waals surface area contributed by atoms with Crippen molar-refractivity contribution in [3.05, 3.63) is 211 Å². The van der Waals surface area contributed by atoms with E-state index >= 15 is 0 Å². The van der Waals surface area contributed by atoms with Crippen LogP contribution in [-0.4, -0.2) is 0 Å². The van der Waals surface area contributed by atoms with Crippen LogP contribution in [0, 0.1) is 88.5 Å². The topological polar surface area (TPSA) is 15.5 Å². The molecule has 1 aliphatic rings. The van der Waals surface area contributed by atoms with Crippen molar-refractivity contribution in [2.75, 3.05) is 0 Å². The molecule has 0 radical (unpaired) electrons. The molecule has 1 saturated carbocycles. The molecule has 0 aliphatic heterocycles. The first-order valence-corrected chi connectivity index (χ1v) is 31.2. The predicted molar refractivity (Wildman–Crippen MR) is 355 cm³/mol. The zero-order valence-corrected chi connectivity index (χ0v) is 56.4. The first-order valence-electron chi connectivity index (χ1n) is 31.2. The Morgan fingerprint density at radius 1 is 0.398 bits per heavy atom. The van der Waals surface area contributed by atoms with Crippen LogP contribution in [0.1, 0.15) is 195 Å². The standard InChI is InChI=1S/C20H26N.2C20H28N.C19H26N/c1-14-11-16(3)20(21(4)13-14)19-10-9-18(12-15(19)2)17-7-5-6-8-17;1-14-10-16(3)19(21(7)13-14)18-9-8-17(11-15(18)2)12-20(4,5)6;1-7-17(8-2)18-9-10-19(15(4)12-18)20-16(5)11-14(3)13-21(20)6;1-13-10-15(3)18(20(7)12-13)17-9-8-16(11-14(17)2)19(4,5)6/h9-13,17H,5-8H2,1-4H3;8-11,13H,12H2,1-7H3;9-13,17H,7-8H2,1-6H3;8-12H,1-7H3/q4*+1. The molecule has 9 rings (SSSR count). The van der Waals surface area contributed by atoms with Crippen LogP contribution in [0.5, 0.6) is 0 Å². The number of rotatable bonds is 9. The van der Waals surface area contributed by atoms with E-state index < -0.39 is 0 Å². The number of aromatic nitrogens is 4. The van der Waals surface area contributed by atoms with Gasteiger partial charge in [-0.2, -0.15) is 0 Å². The van der Waals surface area contributed by atoms with Gasteiger partial charge in [-0.25, -0.2) is 18.3 Å². The van der Waals surface area contributed by atoms with Crippen molar-refractivity contribution in [2.24, 2.45) is 33.6 Å². The predicted octanol–water partition coefficient (Wildman–Crippen LogP) is 18.9. The van der Waals surface area contributed by atoms with E-state index in [0.29, 0.717) is 11.3 Å². The molecule has 4 nitrogen and oxygen atoms in total. The first kappa shape index (κ1) is 65.6. The highest BCUT2D eigenvalue weighted by molar-refractivity contribution is 5.68. The molecule has 440 valence electrons. The third-order valence-electron chi connectivity index (χ3n) is 17.2. The fraction of sp³-hybridized carbons (Fsp3) is 0.443. The molecule has 0 amide bonds. The minimum atomic E-state index is 0.202. The van der Waals surface area contributed by atoms with Gasteiger partial charge in [0.1, 0.15) is 28.2 Å². The molecule has 4 heterocycles. The minimum Gasteiger partial charge on any atom is -0.201 e.